The van der Waals surface area contributed by atoms with Crippen molar-refractivity contribution in [2.45, 2.75) is 6.92 Å². The number of aromatic amines is 1. The van der Waals surface area contributed by atoms with Crippen LogP contribution >= 0.6 is 0 Å². The molecule has 3 rings (SSSR count). The van der Waals surface area contributed by atoms with Gasteiger partial charge in [-0.2, -0.15) is 0 Å². The third-order valence-electron chi connectivity index (χ3n) is 3.70. The van der Waals surface area contributed by atoms with Gasteiger partial charge in [0.05, 0.1) is 25.6 Å². The predicted octanol–water partition coefficient (Wildman–Crippen LogP) is 3.16. The summed E-state index contributed by atoms with van der Waals surface area (Å²) < 4.78 is 12.1. The number of aryl methyl sites for hydroxylation is 1. The van der Waals surface area contributed by atoms with Gasteiger partial charge in [0, 0.05) is 24.4 Å². The zero-order chi connectivity index (χ0) is 16.4. The highest BCUT2D eigenvalue weighted by Gasteiger charge is 2.10. The van der Waals surface area contributed by atoms with Crippen LogP contribution < -0.4 is 15.2 Å². The molecule has 1 heterocycles. The molecule has 1 aromatic heterocycles. The van der Waals surface area contributed by atoms with E-state index >= 15 is 0 Å². The first-order valence-corrected chi connectivity index (χ1v) is 7.23. The molecule has 0 fully saturated rings. The summed E-state index contributed by atoms with van der Waals surface area (Å²) in [5.41, 5.74) is 3.36. The van der Waals surface area contributed by atoms with Crippen LogP contribution in [0.5, 0.6) is 11.5 Å². The van der Waals surface area contributed by atoms with Gasteiger partial charge < -0.3 is 14.5 Å². The number of H-pyrrole nitrogens is 1. The van der Waals surface area contributed by atoms with E-state index in [0.717, 1.165) is 11.3 Å². The Kier molecular flexibility index (Phi) is 3.93. The second-order valence-electron chi connectivity index (χ2n) is 5.28. The standard InChI is InChI=1S/C18H18N2O3/c1-12-4-6-13(7-5-12)17-11-20(18(21)19-17)14-8-15(22-2)10-16(9-14)23-3/h4-11H,1-3H3,(H,19,21). The van der Waals surface area contributed by atoms with E-state index in [1.54, 1.807) is 43.2 Å². The van der Waals surface area contributed by atoms with Crippen molar-refractivity contribution in [3.63, 3.8) is 0 Å². The third-order valence-corrected chi connectivity index (χ3v) is 3.70. The summed E-state index contributed by atoms with van der Waals surface area (Å²) in [4.78, 5) is 15.2. The Morgan fingerprint density at radius 2 is 1.57 bits per heavy atom. The highest BCUT2D eigenvalue weighted by Crippen LogP contribution is 2.25. The molecule has 0 saturated carbocycles. The van der Waals surface area contributed by atoms with Gasteiger partial charge in [-0.3, -0.25) is 4.57 Å². The fraction of sp³-hybridized carbons (Fsp3) is 0.167. The van der Waals surface area contributed by atoms with Crippen LogP contribution in [0.1, 0.15) is 5.56 Å². The molecule has 5 heteroatoms. The lowest BCUT2D eigenvalue weighted by Gasteiger charge is -2.08. The molecule has 0 amide bonds. The number of ether oxygens (including phenoxy) is 2. The smallest absolute Gasteiger partial charge is 0.330 e. The Morgan fingerprint density at radius 3 is 2.13 bits per heavy atom. The Bertz CT molecular complexity index is 854. The van der Waals surface area contributed by atoms with Gasteiger partial charge in [-0.05, 0) is 12.5 Å². The molecule has 0 aliphatic rings. The van der Waals surface area contributed by atoms with E-state index in [4.69, 9.17) is 9.47 Å². The van der Waals surface area contributed by atoms with Gasteiger partial charge in [-0.1, -0.05) is 29.8 Å². The Labute approximate surface area is 134 Å². The largest absolute Gasteiger partial charge is 0.497 e. The molecule has 5 nitrogen and oxygen atoms in total. The van der Waals surface area contributed by atoms with E-state index in [1.807, 2.05) is 31.2 Å². The zero-order valence-corrected chi connectivity index (χ0v) is 13.3. The number of rotatable bonds is 4. The van der Waals surface area contributed by atoms with E-state index in [2.05, 4.69) is 4.98 Å². The maximum Gasteiger partial charge on any atom is 0.330 e. The first kappa shape index (κ1) is 15.0. The van der Waals surface area contributed by atoms with Crippen molar-refractivity contribution >= 4 is 0 Å². The van der Waals surface area contributed by atoms with Gasteiger partial charge in [0.1, 0.15) is 11.5 Å². The molecule has 0 atom stereocenters. The normalized spacial score (nSPS) is 10.6. The van der Waals surface area contributed by atoms with Crippen molar-refractivity contribution in [1.82, 2.24) is 9.55 Å². The molecule has 2 aromatic carbocycles. The molecule has 0 saturated heterocycles. The molecule has 0 unspecified atom stereocenters. The van der Waals surface area contributed by atoms with Crippen LogP contribution in [-0.4, -0.2) is 23.8 Å². The molecule has 0 bridgehead atoms. The summed E-state index contributed by atoms with van der Waals surface area (Å²) in [7, 11) is 3.16. The van der Waals surface area contributed by atoms with Gasteiger partial charge in [0.25, 0.3) is 0 Å². The molecule has 118 valence electrons. The number of hydrogen-bond acceptors (Lipinski definition) is 3. The minimum absolute atomic E-state index is 0.212. The van der Waals surface area contributed by atoms with E-state index in [-0.39, 0.29) is 5.69 Å². The second-order valence-corrected chi connectivity index (χ2v) is 5.28. The maximum absolute atomic E-state index is 12.3. The highest BCUT2D eigenvalue weighted by atomic mass is 16.5. The van der Waals surface area contributed by atoms with Gasteiger partial charge in [0.15, 0.2) is 0 Å². The molecule has 23 heavy (non-hydrogen) atoms. The lowest BCUT2D eigenvalue weighted by Crippen LogP contribution is -2.14. The highest BCUT2D eigenvalue weighted by molar-refractivity contribution is 5.59. The van der Waals surface area contributed by atoms with E-state index in [9.17, 15) is 4.79 Å². The minimum atomic E-state index is -0.212. The topological polar surface area (TPSA) is 56.2 Å². The summed E-state index contributed by atoms with van der Waals surface area (Å²) >= 11 is 0. The van der Waals surface area contributed by atoms with Crippen LogP contribution in [0.3, 0.4) is 0 Å². The van der Waals surface area contributed by atoms with Crippen molar-refractivity contribution in [1.29, 1.82) is 0 Å². The fourth-order valence-electron chi connectivity index (χ4n) is 2.40. The van der Waals surface area contributed by atoms with Crippen molar-refractivity contribution in [3.8, 4) is 28.4 Å². The number of methoxy groups -OCH3 is 2. The summed E-state index contributed by atoms with van der Waals surface area (Å²) in [6.07, 6.45) is 1.78. The molecule has 0 aliphatic heterocycles. The summed E-state index contributed by atoms with van der Waals surface area (Å²) in [6.45, 7) is 2.03. The lowest BCUT2D eigenvalue weighted by molar-refractivity contribution is 0.394. The Balaban J connectivity index is 2.08. The monoisotopic (exact) mass is 310 g/mol. The molecule has 0 aliphatic carbocycles. The van der Waals surface area contributed by atoms with E-state index in [1.165, 1.54) is 5.56 Å². The molecule has 0 radical (unpaired) electrons. The van der Waals surface area contributed by atoms with Crippen molar-refractivity contribution in [3.05, 3.63) is 64.7 Å². The average Bonchev–Trinajstić information content (AvgIpc) is 2.96. The molecule has 1 N–H and O–H groups in total. The van der Waals surface area contributed by atoms with Gasteiger partial charge in [-0.25, -0.2) is 4.79 Å². The van der Waals surface area contributed by atoms with Gasteiger partial charge in [0.2, 0.25) is 0 Å². The molecule has 0 spiro atoms. The van der Waals surface area contributed by atoms with Crippen LogP contribution in [0.25, 0.3) is 16.9 Å². The summed E-state index contributed by atoms with van der Waals surface area (Å²) in [5, 5.41) is 0. The van der Waals surface area contributed by atoms with Crippen LogP contribution in [0, 0.1) is 6.92 Å². The number of hydrogen-bond donors (Lipinski definition) is 1. The molecular weight excluding hydrogens is 292 g/mol. The zero-order valence-electron chi connectivity index (χ0n) is 13.3. The molecule has 3 aromatic rings. The first-order valence-electron chi connectivity index (χ1n) is 7.23. The van der Waals surface area contributed by atoms with Crippen molar-refractivity contribution < 1.29 is 9.47 Å². The molecular formula is C18H18N2O3. The average molecular weight is 310 g/mol. The van der Waals surface area contributed by atoms with Gasteiger partial charge >= 0.3 is 5.69 Å². The van der Waals surface area contributed by atoms with Crippen LogP contribution in [0.15, 0.2) is 53.5 Å². The van der Waals surface area contributed by atoms with Crippen molar-refractivity contribution in [2.75, 3.05) is 14.2 Å². The number of nitrogens with zero attached hydrogens (tertiary/aromatic N) is 1. The number of benzene rings is 2. The van der Waals surface area contributed by atoms with Crippen molar-refractivity contribution in [2.24, 2.45) is 0 Å². The second kappa shape index (κ2) is 6.04. The first-order chi connectivity index (χ1) is 11.1. The number of nitrogens with one attached hydrogen (secondary N) is 1. The minimum Gasteiger partial charge on any atom is -0.497 e. The third kappa shape index (κ3) is 2.99. The quantitative estimate of drug-likeness (QED) is 0.805. The van der Waals surface area contributed by atoms with E-state index < -0.39 is 0 Å². The van der Waals surface area contributed by atoms with Gasteiger partial charge in [-0.15, -0.1) is 0 Å². The van der Waals surface area contributed by atoms with Crippen LogP contribution in [-0.2, 0) is 0 Å². The van der Waals surface area contributed by atoms with Crippen LogP contribution in [0.2, 0.25) is 0 Å². The van der Waals surface area contributed by atoms with E-state index in [0.29, 0.717) is 17.2 Å². The summed E-state index contributed by atoms with van der Waals surface area (Å²) in [6, 6.07) is 13.3. The maximum atomic E-state index is 12.3. The summed E-state index contributed by atoms with van der Waals surface area (Å²) in [5.74, 6) is 1.26. The SMILES string of the molecule is COc1cc(OC)cc(-n2cc(-c3ccc(C)cc3)[nH]c2=O)c1. The number of aromatic nitrogens is 2. The fourth-order valence-corrected chi connectivity index (χ4v) is 2.40. The number of imidazole rings is 1. The Hall–Kier alpha value is -2.95. The van der Waals surface area contributed by atoms with Crippen LogP contribution in [0.4, 0.5) is 0 Å². The lowest BCUT2D eigenvalue weighted by atomic mass is 10.1. The predicted molar refractivity (Wildman–Crippen MR) is 89.7 cm³/mol. The Morgan fingerprint density at radius 1 is 0.957 bits per heavy atom.